The number of amides is 1. The molecule has 0 unspecified atom stereocenters. The van der Waals surface area contributed by atoms with Gasteiger partial charge in [0.1, 0.15) is 11.4 Å². The average molecular weight is 276 g/mol. The smallest absolute Gasteiger partial charge is 0.404 e. The zero-order chi connectivity index (χ0) is 14.4. The minimum atomic E-state index is -0.847. The molecule has 6 heteroatoms. The van der Waals surface area contributed by atoms with Crippen molar-refractivity contribution in [3.8, 4) is 17.0 Å². The van der Waals surface area contributed by atoms with Crippen molar-refractivity contribution in [3.05, 3.63) is 36.1 Å². The molecule has 1 heterocycles. The second-order valence-electron chi connectivity index (χ2n) is 4.16. The van der Waals surface area contributed by atoms with Gasteiger partial charge in [0.2, 0.25) is 0 Å². The fourth-order valence-electron chi connectivity index (χ4n) is 1.60. The summed E-state index contributed by atoms with van der Waals surface area (Å²) < 4.78 is 15.2. The number of carbonyl (C=O) groups is 1. The predicted octanol–water partition coefficient (Wildman–Crippen LogP) is 2.73. The monoisotopic (exact) mass is 276 g/mol. The Hall–Kier alpha value is -2.50. The molecule has 0 aliphatic heterocycles. The number of nitrogens with zero attached hydrogens (tertiary/aromatic N) is 1. The van der Waals surface area contributed by atoms with Crippen molar-refractivity contribution in [2.75, 3.05) is 6.61 Å². The number of carbonyl (C=O) groups excluding carboxylic acids is 1. The summed E-state index contributed by atoms with van der Waals surface area (Å²) in [6, 6.07) is 9.23. The van der Waals surface area contributed by atoms with Gasteiger partial charge < -0.3 is 19.7 Å². The quantitative estimate of drug-likeness (QED) is 0.876. The molecule has 0 fully saturated rings. The zero-order valence-electron chi connectivity index (χ0n) is 11.2. The standard InChI is InChI=1S/C14H16N2O4/c1-2-7-18-11-5-3-10(4-6-11)13-8-12(20-16-13)9-19-14(15)17/h3-6,8H,2,7,9H2,1H3,(H2,15,17). The Morgan fingerprint density at radius 1 is 1.35 bits per heavy atom. The Bertz CT molecular complexity index is 563. The first-order valence-corrected chi connectivity index (χ1v) is 6.30. The number of ether oxygens (including phenoxy) is 2. The van der Waals surface area contributed by atoms with Crippen LogP contribution in [-0.2, 0) is 11.3 Å². The molecule has 0 atom stereocenters. The van der Waals surface area contributed by atoms with E-state index in [1.807, 2.05) is 24.3 Å². The molecule has 0 saturated carbocycles. The molecule has 106 valence electrons. The van der Waals surface area contributed by atoms with Gasteiger partial charge in [-0.3, -0.25) is 0 Å². The second-order valence-corrected chi connectivity index (χ2v) is 4.16. The molecule has 6 nitrogen and oxygen atoms in total. The lowest BCUT2D eigenvalue weighted by molar-refractivity contribution is 0.137. The number of nitrogens with two attached hydrogens (primary N) is 1. The second kappa shape index (κ2) is 6.60. The molecule has 1 aromatic heterocycles. The highest BCUT2D eigenvalue weighted by Crippen LogP contribution is 2.22. The maximum Gasteiger partial charge on any atom is 0.404 e. The molecule has 0 spiro atoms. The highest BCUT2D eigenvalue weighted by Gasteiger charge is 2.08. The molecule has 1 aromatic carbocycles. The Morgan fingerprint density at radius 2 is 2.10 bits per heavy atom. The van der Waals surface area contributed by atoms with Crippen molar-refractivity contribution in [2.24, 2.45) is 5.73 Å². The highest BCUT2D eigenvalue weighted by molar-refractivity contribution is 5.64. The van der Waals surface area contributed by atoms with E-state index in [9.17, 15) is 4.79 Å². The molecule has 0 bridgehead atoms. The molecule has 0 aliphatic rings. The van der Waals surface area contributed by atoms with Gasteiger partial charge in [-0.1, -0.05) is 12.1 Å². The van der Waals surface area contributed by atoms with Gasteiger partial charge in [0.15, 0.2) is 12.4 Å². The molecular weight excluding hydrogens is 260 g/mol. The molecule has 2 N–H and O–H groups in total. The third-order valence-corrected chi connectivity index (χ3v) is 2.54. The highest BCUT2D eigenvalue weighted by atomic mass is 16.6. The van der Waals surface area contributed by atoms with Gasteiger partial charge in [0, 0.05) is 11.6 Å². The Labute approximate surface area is 116 Å². The lowest BCUT2D eigenvalue weighted by atomic mass is 10.1. The largest absolute Gasteiger partial charge is 0.494 e. The van der Waals surface area contributed by atoms with Crippen LogP contribution in [0.25, 0.3) is 11.3 Å². The third kappa shape index (κ3) is 3.74. The van der Waals surface area contributed by atoms with E-state index < -0.39 is 6.09 Å². The Morgan fingerprint density at radius 3 is 2.75 bits per heavy atom. The van der Waals surface area contributed by atoms with Crippen molar-refractivity contribution in [3.63, 3.8) is 0 Å². The van der Waals surface area contributed by atoms with Gasteiger partial charge in [0.25, 0.3) is 0 Å². The maximum atomic E-state index is 10.5. The van der Waals surface area contributed by atoms with Crippen LogP contribution < -0.4 is 10.5 Å². The number of hydrogen-bond donors (Lipinski definition) is 1. The molecule has 0 aliphatic carbocycles. The van der Waals surface area contributed by atoms with E-state index in [-0.39, 0.29) is 6.61 Å². The van der Waals surface area contributed by atoms with Gasteiger partial charge in [-0.15, -0.1) is 0 Å². The predicted molar refractivity (Wildman–Crippen MR) is 72.1 cm³/mol. The third-order valence-electron chi connectivity index (χ3n) is 2.54. The fraction of sp³-hybridized carbons (Fsp3) is 0.286. The zero-order valence-corrected chi connectivity index (χ0v) is 11.2. The van der Waals surface area contributed by atoms with Crippen LogP contribution in [0.5, 0.6) is 5.75 Å². The lowest BCUT2D eigenvalue weighted by Crippen LogP contribution is -2.12. The Kier molecular flexibility index (Phi) is 4.60. The van der Waals surface area contributed by atoms with Crippen LogP contribution in [0.1, 0.15) is 19.1 Å². The lowest BCUT2D eigenvalue weighted by Gasteiger charge is -2.04. The first-order chi connectivity index (χ1) is 9.69. The van der Waals surface area contributed by atoms with Gasteiger partial charge in [-0.25, -0.2) is 4.79 Å². The van der Waals surface area contributed by atoms with Gasteiger partial charge in [-0.2, -0.15) is 0 Å². The summed E-state index contributed by atoms with van der Waals surface area (Å²) in [6.45, 7) is 2.72. The summed E-state index contributed by atoms with van der Waals surface area (Å²) in [5.74, 6) is 1.25. The molecule has 2 rings (SSSR count). The number of aromatic nitrogens is 1. The van der Waals surface area contributed by atoms with Gasteiger partial charge in [-0.05, 0) is 30.7 Å². The van der Waals surface area contributed by atoms with E-state index in [0.29, 0.717) is 18.1 Å². The topological polar surface area (TPSA) is 87.6 Å². The van der Waals surface area contributed by atoms with Crippen LogP contribution in [0, 0.1) is 0 Å². The van der Waals surface area contributed by atoms with E-state index in [1.54, 1.807) is 6.07 Å². The summed E-state index contributed by atoms with van der Waals surface area (Å²) in [4.78, 5) is 10.5. The summed E-state index contributed by atoms with van der Waals surface area (Å²) in [6.07, 6.45) is 0.120. The fourth-order valence-corrected chi connectivity index (χ4v) is 1.60. The molecule has 1 amide bonds. The van der Waals surface area contributed by atoms with Gasteiger partial charge in [0.05, 0.1) is 6.61 Å². The first kappa shape index (κ1) is 13.9. The van der Waals surface area contributed by atoms with Crippen molar-refractivity contribution in [1.29, 1.82) is 0 Å². The molecule has 0 radical (unpaired) electrons. The van der Waals surface area contributed by atoms with Crippen LogP contribution in [0.3, 0.4) is 0 Å². The SMILES string of the molecule is CCCOc1ccc(-c2cc(COC(N)=O)on2)cc1. The van der Waals surface area contributed by atoms with Crippen LogP contribution in [0.2, 0.25) is 0 Å². The van der Waals surface area contributed by atoms with E-state index in [1.165, 1.54) is 0 Å². The minimum absolute atomic E-state index is 0.0277. The van der Waals surface area contributed by atoms with Crippen molar-refractivity contribution < 1.29 is 18.8 Å². The average Bonchev–Trinajstić information content (AvgIpc) is 2.92. The van der Waals surface area contributed by atoms with Crippen LogP contribution in [0.15, 0.2) is 34.9 Å². The van der Waals surface area contributed by atoms with E-state index in [0.717, 1.165) is 17.7 Å². The van der Waals surface area contributed by atoms with Crippen molar-refractivity contribution in [1.82, 2.24) is 5.16 Å². The maximum absolute atomic E-state index is 10.5. The summed E-state index contributed by atoms with van der Waals surface area (Å²) in [5.41, 5.74) is 6.43. The summed E-state index contributed by atoms with van der Waals surface area (Å²) in [7, 11) is 0. The number of hydrogen-bond acceptors (Lipinski definition) is 5. The van der Waals surface area contributed by atoms with Crippen LogP contribution in [0.4, 0.5) is 4.79 Å². The first-order valence-electron chi connectivity index (χ1n) is 6.30. The molecule has 0 saturated heterocycles. The van der Waals surface area contributed by atoms with Crippen LogP contribution >= 0.6 is 0 Å². The number of benzene rings is 1. The Balaban J connectivity index is 2.02. The van der Waals surface area contributed by atoms with Crippen molar-refractivity contribution >= 4 is 6.09 Å². The van der Waals surface area contributed by atoms with E-state index in [2.05, 4.69) is 16.8 Å². The number of rotatable bonds is 6. The van der Waals surface area contributed by atoms with Crippen LogP contribution in [-0.4, -0.2) is 17.9 Å². The van der Waals surface area contributed by atoms with E-state index >= 15 is 0 Å². The van der Waals surface area contributed by atoms with E-state index in [4.69, 9.17) is 15.0 Å². The molecular formula is C14H16N2O4. The summed E-state index contributed by atoms with van der Waals surface area (Å²) >= 11 is 0. The molecule has 20 heavy (non-hydrogen) atoms. The number of primary amides is 1. The van der Waals surface area contributed by atoms with Crippen molar-refractivity contribution in [2.45, 2.75) is 20.0 Å². The minimum Gasteiger partial charge on any atom is -0.494 e. The van der Waals surface area contributed by atoms with Gasteiger partial charge >= 0.3 is 6.09 Å². The molecule has 2 aromatic rings. The normalized spacial score (nSPS) is 10.2. The summed E-state index contributed by atoms with van der Waals surface area (Å²) in [5, 5.41) is 3.91.